The number of piperazine rings is 1. The van der Waals surface area contributed by atoms with E-state index in [1.54, 1.807) is 12.1 Å². The van der Waals surface area contributed by atoms with Gasteiger partial charge in [-0.15, -0.1) is 0 Å². The zero-order chi connectivity index (χ0) is 24.4. The molecule has 2 amide bonds. The predicted molar refractivity (Wildman–Crippen MR) is 134 cm³/mol. The second-order valence-electron chi connectivity index (χ2n) is 9.31. The molecule has 0 spiro atoms. The minimum absolute atomic E-state index is 0.00217. The Balaban J connectivity index is 1.31. The van der Waals surface area contributed by atoms with Crippen molar-refractivity contribution < 1.29 is 14.3 Å². The summed E-state index contributed by atoms with van der Waals surface area (Å²) in [4.78, 5) is 29.2. The highest BCUT2D eigenvalue weighted by Gasteiger charge is 2.31. The summed E-state index contributed by atoms with van der Waals surface area (Å²) >= 11 is 0. The zero-order valence-electron chi connectivity index (χ0n) is 19.7. The van der Waals surface area contributed by atoms with Crippen LogP contribution in [0.1, 0.15) is 30.5 Å². The molecule has 3 aliphatic heterocycles. The van der Waals surface area contributed by atoms with Gasteiger partial charge in [-0.3, -0.25) is 14.5 Å². The number of rotatable bonds is 4. The second-order valence-corrected chi connectivity index (χ2v) is 9.31. The van der Waals surface area contributed by atoms with Crippen LogP contribution >= 0.6 is 0 Å². The van der Waals surface area contributed by atoms with E-state index in [4.69, 9.17) is 4.74 Å². The summed E-state index contributed by atoms with van der Waals surface area (Å²) in [5.41, 5.74) is 3.97. The van der Waals surface area contributed by atoms with Crippen LogP contribution in [0.25, 0.3) is 0 Å². The first-order valence-corrected chi connectivity index (χ1v) is 12.0. The van der Waals surface area contributed by atoms with Crippen molar-refractivity contribution in [2.45, 2.75) is 25.4 Å². The van der Waals surface area contributed by atoms with Gasteiger partial charge in [0.05, 0.1) is 29.8 Å². The third-order valence-electron chi connectivity index (χ3n) is 7.01. The van der Waals surface area contributed by atoms with Crippen molar-refractivity contribution in [2.24, 2.45) is 5.92 Å². The highest BCUT2D eigenvalue weighted by molar-refractivity contribution is 6.00. The molecule has 2 aromatic rings. The summed E-state index contributed by atoms with van der Waals surface area (Å²) in [5.74, 6) is -0.314. The molecule has 0 aliphatic carbocycles. The Bertz CT molecular complexity index is 1200. The molecule has 0 saturated carbocycles. The quantitative estimate of drug-likeness (QED) is 0.710. The number of ether oxygens (including phenoxy) is 1. The largest absolute Gasteiger partial charge is 0.381 e. The second kappa shape index (κ2) is 9.90. The van der Waals surface area contributed by atoms with Gasteiger partial charge in [-0.2, -0.15) is 5.26 Å². The Labute approximate surface area is 205 Å². The minimum Gasteiger partial charge on any atom is -0.381 e. The summed E-state index contributed by atoms with van der Waals surface area (Å²) in [6.45, 7) is 5.52. The average Bonchev–Trinajstić information content (AvgIpc) is 3.35. The Hall–Kier alpha value is -3.67. The normalized spacial score (nSPS) is 24.3. The molecule has 180 valence electrons. The number of benzene rings is 2. The SMILES string of the molecule is CC1CN(C2C=CC(=O)Nc3ccccc32)CCN1c1ccc(NC(=O)C2CCOC2)cc1C#N. The van der Waals surface area contributed by atoms with E-state index < -0.39 is 0 Å². The molecular weight excluding hydrogens is 442 g/mol. The minimum atomic E-state index is -0.137. The molecule has 35 heavy (non-hydrogen) atoms. The number of para-hydroxylation sites is 1. The number of nitrogens with zero attached hydrogens (tertiary/aromatic N) is 3. The van der Waals surface area contributed by atoms with Crippen LogP contribution in [0.2, 0.25) is 0 Å². The first-order chi connectivity index (χ1) is 17.0. The lowest BCUT2D eigenvalue weighted by atomic mass is 10.0. The van der Waals surface area contributed by atoms with E-state index in [0.29, 0.717) is 24.5 Å². The summed E-state index contributed by atoms with van der Waals surface area (Å²) in [6.07, 6.45) is 4.30. The van der Waals surface area contributed by atoms with E-state index in [9.17, 15) is 14.9 Å². The van der Waals surface area contributed by atoms with Crippen molar-refractivity contribution in [2.75, 3.05) is 48.4 Å². The van der Waals surface area contributed by atoms with Gasteiger partial charge in [0.1, 0.15) is 6.07 Å². The van der Waals surface area contributed by atoms with Gasteiger partial charge < -0.3 is 20.3 Å². The van der Waals surface area contributed by atoms with Gasteiger partial charge in [0.25, 0.3) is 0 Å². The van der Waals surface area contributed by atoms with Crippen LogP contribution in [0.4, 0.5) is 17.1 Å². The number of nitriles is 1. The zero-order valence-corrected chi connectivity index (χ0v) is 19.7. The number of anilines is 3. The van der Waals surface area contributed by atoms with E-state index in [1.165, 1.54) is 0 Å². The molecule has 2 N–H and O–H groups in total. The van der Waals surface area contributed by atoms with Crippen LogP contribution in [-0.4, -0.2) is 55.6 Å². The fourth-order valence-corrected chi connectivity index (χ4v) is 5.18. The van der Waals surface area contributed by atoms with Gasteiger partial charge in [0.15, 0.2) is 0 Å². The van der Waals surface area contributed by atoms with Crippen molar-refractivity contribution in [3.63, 3.8) is 0 Å². The van der Waals surface area contributed by atoms with Crippen LogP contribution in [-0.2, 0) is 14.3 Å². The van der Waals surface area contributed by atoms with Crippen LogP contribution in [0.3, 0.4) is 0 Å². The average molecular weight is 472 g/mol. The molecule has 8 heteroatoms. The highest BCUT2D eigenvalue weighted by Crippen LogP contribution is 2.34. The Morgan fingerprint density at radius 2 is 2.09 bits per heavy atom. The third kappa shape index (κ3) is 4.78. The summed E-state index contributed by atoms with van der Waals surface area (Å²) in [7, 11) is 0. The summed E-state index contributed by atoms with van der Waals surface area (Å²) in [5, 5.41) is 15.7. The number of carbonyl (C=O) groups excluding carboxylic acids is 2. The molecule has 2 saturated heterocycles. The van der Waals surface area contributed by atoms with Gasteiger partial charge in [0, 0.05) is 49.7 Å². The Kier molecular flexibility index (Phi) is 6.53. The number of nitrogens with one attached hydrogen (secondary N) is 2. The van der Waals surface area contributed by atoms with E-state index in [2.05, 4.69) is 39.5 Å². The lowest BCUT2D eigenvalue weighted by Gasteiger charge is -2.44. The number of hydrogen-bond donors (Lipinski definition) is 2. The maximum absolute atomic E-state index is 12.5. The fraction of sp³-hybridized carbons (Fsp3) is 0.370. The van der Waals surface area contributed by atoms with Gasteiger partial charge in [0.2, 0.25) is 11.8 Å². The summed E-state index contributed by atoms with van der Waals surface area (Å²) < 4.78 is 5.31. The first-order valence-electron chi connectivity index (χ1n) is 12.0. The lowest BCUT2D eigenvalue weighted by Crippen LogP contribution is -2.52. The number of hydrogen-bond acceptors (Lipinski definition) is 6. The topological polar surface area (TPSA) is 97.7 Å². The van der Waals surface area contributed by atoms with Crippen LogP contribution in [0.5, 0.6) is 0 Å². The molecule has 3 aliphatic rings. The monoisotopic (exact) mass is 471 g/mol. The smallest absolute Gasteiger partial charge is 0.248 e. The molecular formula is C27H29N5O3. The van der Waals surface area contributed by atoms with Gasteiger partial charge >= 0.3 is 0 Å². The van der Waals surface area contributed by atoms with Crippen LogP contribution < -0.4 is 15.5 Å². The number of amides is 2. The van der Waals surface area contributed by atoms with Gasteiger partial charge in [-0.05, 0) is 43.2 Å². The van der Waals surface area contributed by atoms with E-state index >= 15 is 0 Å². The maximum Gasteiger partial charge on any atom is 0.248 e. The molecule has 2 aromatic carbocycles. The standard InChI is InChI=1S/C27H29N5O3/c1-18-16-31(25-8-9-26(33)30-23-5-3-2-4-22(23)25)11-12-32(18)24-7-6-21(14-20(24)15-28)29-27(34)19-10-13-35-17-19/h2-9,14,18-19,25H,10-13,16-17H2,1H3,(H,29,34)(H,30,33). The predicted octanol–water partition coefficient (Wildman–Crippen LogP) is 3.29. The molecule has 2 fully saturated rings. The van der Waals surface area contributed by atoms with E-state index in [0.717, 1.165) is 43.0 Å². The third-order valence-corrected chi connectivity index (χ3v) is 7.01. The molecule has 0 radical (unpaired) electrons. The molecule has 0 aromatic heterocycles. The fourth-order valence-electron chi connectivity index (χ4n) is 5.18. The Morgan fingerprint density at radius 3 is 2.86 bits per heavy atom. The molecule has 3 unspecified atom stereocenters. The van der Waals surface area contributed by atoms with E-state index in [1.807, 2.05) is 36.4 Å². The molecule has 3 heterocycles. The van der Waals surface area contributed by atoms with Crippen molar-refractivity contribution in [1.82, 2.24) is 4.90 Å². The van der Waals surface area contributed by atoms with E-state index in [-0.39, 0.29) is 29.8 Å². The van der Waals surface area contributed by atoms with Crippen molar-refractivity contribution in [1.29, 1.82) is 5.26 Å². The Morgan fingerprint density at radius 1 is 1.23 bits per heavy atom. The van der Waals surface area contributed by atoms with Crippen molar-refractivity contribution >= 4 is 28.9 Å². The molecule has 5 rings (SSSR count). The van der Waals surface area contributed by atoms with Crippen LogP contribution in [0.15, 0.2) is 54.6 Å². The summed E-state index contributed by atoms with van der Waals surface area (Å²) in [6, 6.07) is 15.9. The van der Waals surface area contributed by atoms with Crippen molar-refractivity contribution in [3.05, 3.63) is 65.7 Å². The van der Waals surface area contributed by atoms with Gasteiger partial charge in [-0.25, -0.2) is 0 Å². The number of carbonyl (C=O) groups is 2. The van der Waals surface area contributed by atoms with Crippen LogP contribution in [0, 0.1) is 17.2 Å². The molecule has 8 nitrogen and oxygen atoms in total. The molecule has 0 bridgehead atoms. The molecule has 3 atom stereocenters. The van der Waals surface area contributed by atoms with Gasteiger partial charge in [-0.1, -0.05) is 24.3 Å². The maximum atomic E-state index is 12.5. The number of fused-ring (bicyclic) bond motifs is 1. The first kappa shape index (κ1) is 23.1. The van der Waals surface area contributed by atoms with Crippen molar-refractivity contribution in [3.8, 4) is 6.07 Å². The highest BCUT2D eigenvalue weighted by atomic mass is 16.5. The lowest BCUT2D eigenvalue weighted by molar-refractivity contribution is -0.119.